The van der Waals surface area contributed by atoms with Crippen molar-refractivity contribution in [1.82, 2.24) is 10.3 Å². The number of carbonyl (C=O) groups is 1. The molecule has 2 aliphatic rings. The van der Waals surface area contributed by atoms with Crippen LogP contribution in [0.3, 0.4) is 0 Å². The number of hydrogen-bond acceptors (Lipinski definition) is 3. The number of benzene rings is 1. The maximum absolute atomic E-state index is 11.8. The predicted molar refractivity (Wildman–Crippen MR) is 91.6 cm³/mol. The monoisotopic (exact) mass is 324 g/mol. The minimum absolute atomic E-state index is 0.213. The average Bonchev–Trinajstić information content (AvgIpc) is 2.55. The normalized spacial score (nSPS) is 26.1. The van der Waals surface area contributed by atoms with Crippen LogP contribution in [0.15, 0.2) is 52.5 Å². The molecule has 3 nitrogen and oxygen atoms in total. The molecule has 23 heavy (non-hydrogen) atoms. The van der Waals surface area contributed by atoms with Gasteiger partial charge in [-0.25, -0.2) is 4.98 Å². The van der Waals surface area contributed by atoms with Gasteiger partial charge >= 0.3 is 0 Å². The molecule has 1 N–H and O–H groups in total. The maximum atomic E-state index is 11.8. The molecule has 0 radical (unpaired) electrons. The molecule has 1 aliphatic carbocycles. The molecule has 1 fully saturated rings. The van der Waals surface area contributed by atoms with Gasteiger partial charge in [0.15, 0.2) is 0 Å². The molecule has 1 aromatic heterocycles. The van der Waals surface area contributed by atoms with Crippen molar-refractivity contribution in [1.29, 1.82) is 0 Å². The van der Waals surface area contributed by atoms with Gasteiger partial charge in [-0.1, -0.05) is 30.8 Å². The van der Waals surface area contributed by atoms with E-state index in [4.69, 9.17) is 0 Å². The van der Waals surface area contributed by atoms with Gasteiger partial charge in [-0.15, -0.1) is 0 Å². The highest BCUT2D eigenvalue weighted by atomic mass is 32.2. The third-order valence-electron chi connectivity index (χ3n) is 4.96. The highest BCUT2D eigenvalue weighted by Gasteiger charge is 2.38. The molecule has 1 aliphatic heterocycles. The Morgan fingerprint density at radius 3 is 3.00 bits per heavy atom. The molecule has 1 aromatic carbocycles. The van der Waals surface area contributed by atoms with Gasteiger partial charge in [0.05, 0.1) is 0 Å². The first kappa shape index (κ1) is 14.8. The predicted octanol–water partition coefficient (Wildman–Crippen LogP) is 3.79. The van der Waals surface area contributed by atoms with Crippen molar-refractivity contribution in [3.8, 4) is 0 Å². The molecule has 118 valence electrons. The fourth-order valence-electron chi connectivity index (χ4n) is 3.97. The number of nitrogens with one attached hydrogen (secondary N) is 1. The van der Waals surface area contributed by atoms with Gasteiger partial charge < -0.3 is 5.32 Å². The lowest BCUT2D eigenvalue weighted by molar-refractivity contribution is -0.125. The Morgan fingerprint density at radius 2 is 2.17 bits per heavy atom. The van der Waals surface area contributed by atoms with Crippen LogP contribution in [0.1, 0.15) is 36.8 Å². The minimum atomic E-state index is 0.213. The molecule has 3 unspecified atom stereocenters. The summed E-state index contributed by atoms with van der Waals surface area (Å²) in [6, 6.07) is 13.1. The summed E-state index contributed by atoms with van der Waals surface area (Å²) >= 11 is 1.71. The van der Waals surface area contributed by atoms with Crippen LogP contribution in [0.2, 0.25) is 0 Å². The molecular weight excluding hydrogens is 304 g/mol. The van der Waals surface area contributed by atoms with E-state index in [9.17, 15) is 4.79 Å². The number of amides is 1. The Hall–Kier alpha value is -1.81. The van der Waals surface area contributed by atoms with Crippen molar-refractivity contribution in [3.05, 3.63) is 53.7 Å². The van der Waals surface area contributed by atoms with Gasteiger partial charge in [-0.2, -0.15) is 0 Å². The Labute approximate surface area is 140 Å². The first-order valence-electron chi connectivity index (χ1n) is 8.22. The lowest BCUT2D eigenvalue weighted by Gasteiger charge is -2.41. The van der Waals surface area contributed by atoms with E-state index in [1.165, 1.54) is 16.0 Å². The van der Waals surface area contributed by atoms with E-state index in [0.717, 1.165) is 17.9 Å². The van der Waals surface area contributed by atoms with Crippen LogP contribution in [0.4, 0.5) is 0 Å². The molecule has 1 amide bonds. The number of aromatic nitrogens is 1. The van der Waals surface area contributed by atoms with E-state index < -0.39 is 0 Å². The number of pyridine rings is 1. The SMILES string of the molecule is CC1CC(=O)NC2CCc3cc(Sc4ccccn4)ccc3C12. The molecule has 2 aromatic rings. The van der Waals surface area contributed by atoms with Gasteiger partial charge in [0.1, 0.15) is 5.03 Å². The zero-order valence-electron chi connectivity index (χ0n) is 13.2. The highest BCUT2D eigenvalue weighted by Crippen LogP contribution is 2.42. The van der Waals surface area contributed by atoms with E-state index in [2.05, 4.69) is 35.4 Å². The Balaban J connectivity index is 1.62. The third-order valence-corrected chi connectivity index (χ3v) is 5.90. The molecule has 4 heteroatoms. The number of nitrogens with zero attached hydrogens (tertiary/aromatic N) is 1. The number of piperidine rings is 1. The second kappa shape index (κ2) is 6.00. The summed E-state index contributed by atoms with van der Waals surface area (Å²) in [5, 5.41) is 4.22. The molecule has 0 bridgehead atoms. The molecule has 4 rings (SSSR count). The summed E-state index contributed by atoms with van der Waals surface area (Å²) in [6.07, 6.45) is 4.56. The van der Waals surface area contributed by atoms with Crippen LogP contribution in [-0.4, -0.2) is 16.9 Å². The van der Waals surface area contributed by atoms with E-state index in [1.807, 2.05) is 24.4 Å². The van der Waals surface area contributed by atoms with Gasteiger partial charge in [0.2, 0.25) is 5.91 Å². The molecule has 1 saturated heterocycles. The zero-order chi connectivity index (χ0) is 15.8. The summed E-state index contributed by atoms with van der Waals surface area (Å²) in [4.78, 5) is 17.4. The number of hydrogen-bond donors (Lipinski definition) is 1. The second-order valence-corrected chi connectivity index (χ2v) is 7.64. The van der Waals surface area contributed by atoms with Crippen LogP contribution in [-0.2, 0) is 11.2 Å². The zero-order valence-corrected chi connectivity index (χ0v) is 14.0. The van der Waals surface area contributed by atoms with Gasteiger partial charge in [0, 0.05) is 29.5 Å². The topological polar surface area (TPSA) is 42.0 Å². The van der Waals surface area contributed by atoms with Crippen molar-refractivity contribution >= 4 is 17.7 Å². The molecule has 3 atom stereocenters. The van der Waals surface area contributed by atoms with Crippen molar-refractivity contribution < 1.29 is 4.79 Å². The third kappa shape index (κ3) is 2.88. The van der Waals surface area contributed by atoms with Crippen LogP contribution >= 0.6 is 11.8 Å². The summed E-state index contributed by atoms with van der Waals surface area (Å²) < 4.78 is 0. The lowest BCUT2D eigenvalue weighted by Crippen LogP contribution is -2.49. The fourth-order valence-corrected chi connectivity index (χ4v) is 4.81. The fraction of sp³-hybridized carbons (Fsp3) is 0.368. The first-order chi connectivity index (χ1) is 11.2. The van der Waals surface area contributed by atoms with Gasteiger partial charge in [-0.05, 0) is 54.2 Å². The number of carbonyl (C=O) groups excluding carboxylic acids is 1. The first-order valence-corrected chi connectivity index (χ1v) is 9.03. The number of aryl methyl sites for hydroxylation is 1. The van der Waals surface area contributed by atoms with Crippen molar-refractivity contribution in [2.45, 2.75) is 48.1 Å². The largest absolute Gasteiger partial charge is 0.353 e. The summed E-state index contributed by atoms with van der Waals surface area (Å²) in [5.41, 5.74) is 2.87. The quantitative estimate of drug-likeness (QED) is 0.914. The maximum Gasteiger partial charge on any atom is 0.220 e. The number of rotatable bonds is 2. The highest BCUT2D eigenvalue weighted by molar-refractivity contribution is 7.99. The smallest absolute Gasteiger partial charge is 0.220 e. The Morgan fingerprint density at radius 1 is 1.26 bits per heavy atom. The average molecular weight is 324 g/mol. The molecule has 2 heterocycles. The van der Waals surface area contributed by atoms with Crippen LogP contribution in [0.5, 0.6) is 0 Å². The lowest BCUT2D eigenvalue weighted by atomic mass is 9.70. The molecular formula is C19H20N2OS. The van der Waals surface area contributed by atoms with Crippen LogP contribution in [0, 0.1) is 5.92 Å². The van der Waals surface area contributed by atoms with Crippen molar-refractivity contribution in [3.63, 3.8) is 0 Å². The van der Waals surface area contributed by atoms with Crippen molar-refractivity contribution in [2.24, 2.45) is 5.92 Å². The molecule has 0 spiro atoms. The van der Waals surface area contributed by atoms with Crippen LogP contribution in [0.25, 0.3) is 0 Å². The van der Waals surface area contributed by atoms with E-state index in [0.29, 0.717) is 24.3 Å². The van der Waals surface area contributed by atoms with Gasteiger partial charge in [0.25, 0.3) is 0 Å². The van der Waals surface area contributed by atoms with E-state index in [1.54, 1.807) is 11.8 Å². The number of fused-ring (bicyclic) bond motifs is 3. The van der Waals surface area contributed by atoms with E-state index in [-0.39, 0.29) is 5.91 Å². The Bertz CT molecular complexity index is 731. The standard InChI is InChI=1S/C19H20N2OS/c1-12-10-17(22)21-16-8-5-13-11-14(6-7-15(13)19(12)16)23-18-4-2-3-9-20-18/h2-4,6-7,9,11-12,16,19H,5,8,10H2,1H3,(H,21,22). The summed E-state index contributed by atoms with van der Waals surface area (Å²) in [7, 11) is 0. The minimum Gasteiger partial charge on any atom is -0.353 e. The Kier molecular flexibility index (Phi) is 3.85. The summed E-state index contributed by atoms with van der Waals surface area (Å²) in [5.74, 6) is 1.09. The summed E-state index contributed by atoms with van der Waals surface area (Å²) in [6.45, 7) is 2.21. The van der Waals surface area contributed by atoms with Gasteiger partial charge in [-0.3, -0.25) is 4.79 Å². The van der Waals surface area contributed by atoms with E-state index >= 15 is 0 Å². The second-order valence-electron chi connectivity index (χ2n) is 6.55. The van der Waals surface area contributed by atoms with Crippen molar-refractivity contribution in [2.75, 3.05) is 0 Å². The van der Waals surface area contributed by atoms with Crippen LogP contribution < -0.4 is 5.32 Å². The molecule has 0 saturated carbocycles.